The first-order valence-electron chi connectivity index (χ1n) is 3.98. The molecule has 1 aromatic carbocycles. The summed E-state index contributed by atoms with van der Waals surface area (Å²) in [7, 11) is 0. The molecule has 0 fully saturated rings. The van der Waals surface area contributed by atoms with E-state index in [2.05, 4.69) is 0 Å². The van der Waals surface area contributed by atoms with E-state index in [0.717, 1.165) is 0 Å². The van der Waals surface area contributed by atoms with Gasteiger partial charge in [-0.2, -0.15) is 0 Å². The van der Waals surface area contributed by atoms with E-state index < -0.39 is 17.7 Å². The minimum Gasteiger partial charge on any atom is -0.329 e. The van der Waals surface area contributed by atoms with Gasteiger partial charge in [0.2, 0.25) is 0 Å². The topological polar surface area (TPSA) is 52.0 Å². The van der Waals surface area contributed by atoms with Gasteiger partial charge in [-0.3, -0.25) is 0 Å². The van der Waals surface area contributed by atoms with Gasteiger partial charge in [0.05, 0.1) is 0 Å². The van der Waals surface area contributed by atoms with Crippen LogP contribution in [0.15, 0.2) is 12.1 Å². The van der Waals surface area contributed by atoms with Gasteiger partial charge < -0.3 is 11.5 Å². The van der Waals surface area contributed by atoms with Crippen molar-refractivity contribution in [3.63, 3.8) is 0 Å². The molecule has 0 bridgehead atoms. The van der Waals surface area contributed by atoms with E-state index in [1.807, 2.05) is 0 Å². The Balaban J connectivity index is 3.18. The highest BCUT2D eigenvalue weighted by atomic mass is 19.2. The molecule has 0 spiro atoms. The summed E-state index contributed by atoms with van der Waals surface area (Å²) >= 11 is 0. The van der Waals surface area contributed by atoms with Crippen LogP contribution in [0.5, 0.6) is 0 Å². The van der Waals surface area contributed by atoms with E-state index in [-0.39, 0.29) is 17.7 Å². The van der Waals surface area contributed by atoms with Crippen LogP contribution in [0.4, 0.5) is 8.78 Å². The number of hydrogen-bond acceptors (Lipinski definition) is 2. The third-order valence-electron chi connectivity index (χ3n) is 1.96. The first kappa shape index (κ1) is 10.1. The van der Waals surface area contributed by atoms with Gasteiger partial charge in [-0.1, -0.05) is 12.1 Å². The van der Waals surface area contributed by atoms with Crippen molar-refractivity contribution in [2.24, 2.45) is 11.5 Å². The molecule has 4 heteroatoms. The monoisotopic (exact) mass is 186 g/mol. The molecule has 0 amide bonds. The Morgan fingerprint density at radius 1 is 1.31 bits per heavy atom. The summed E-state index contributed by atoms with van der Waals surface area (Å²) in [6, 6.07) is 2.31. The van der Waals surface area contributed by atoms with Crippen LogP contribution < -0.4 is 11.5 Å². The van der Waals surface area contributed by atoms with Crippen LogP contribution in [0, 0.1) is 18.6 Å². The normalized spacial score (nSPS) is 13.0. The zero-order valence-electron chi connectivity index (χ0n) is 7.35. The molecule has 0 saturated heterocycles. The van der Waals surface area contributed by atoms with Gasteiger partial charge in [-0.05, 0) is 12.5 Å². The summed E-state index contributed by atoms with van der Waals surface area (Å²) in [5.74, 6) is -1.74. The van der Waals surface area contributed by atoms with Crippen molar-refractivity contribution in [1.29, 1.82) is 0 Å². The largest absolute Gasteiger partial charge is 0.329 e. The standard InChI is InChI=1S/C9H12F2N2/c1-5-2-3-6(7(13)4-12)9(11)8(5)10/h2-3,7H,4,12-13H2,1H3/t7-/m0/s1. The fourth-order valence-corrected chi connectivity index (χ4v) is 1.07. The lowest BCUT2D eigenvalue weighted by Crippen LogP contribution is -2.22. The maximum absolute atomic E-state index is 13.2. The van der Waals surface area contributed by atoms with Gasteiger partial charge >= 0.3 is 0 Å². The van der Waals surface area contributed by atoms with Crippen molar-refractivity contribution in [3.8, 4) is 0 Å². The summed E-state index contributed by atoms with van der Waals surface area (Å²) in [6.45, 7) is 1.59. The lowest BCUT2D eigenvalue weighted by molar-refractivity contribution is 0.484. The van der Waals surface area contributed by atoms with Gasteiger partial charge in [0.25, 0.3) is 0 Å². The lowest BCUT2D eigenvalue weighted by atomic mass is 10.0. The highest BCUT2D eigenvalue weighted by Crippen LogP contribution is 2.19. The molecule has 1 rings (SSSR count). The maximum Gasteiger partial charge on any atom is 0.163 e. The van der Waals surface area contributed by atoms with Crippen LogP contribution in [-0.4, -0.2) is 6.54 Å². The Labute approximate surface area is 75.5 Å². The quantitative estimate of drug-likeness (QED) is 0.729. The number of rotatable bonds is 2. The van der Waals surface area contributed by atoms with Crippen LogP contribution in [0.25, 0.3) is 0 Å². The average molecular weight is 186 g/mol. The third-order valence-corrected chi connectivity index (χ3v) is 1.96. The second-order valence-electron chi connectivity index (χ2n) is 2.94. The third kappa shape index (κ3) is 1.84. The number of halogens is 2. The van der Waals surface area contributed by atoms with Crippen molar-refractivity contribution < 1.29 is 8.78 Å². The number of nitrogens with two attached hydrogens (primary N) is 2. The first-order chi connectivity index (χ1) is 6.07. The van der Waals surface area contributed by atoms with Crippen LogP contribution in [0.3, 0.4) is 0 Å². The highest BCUT2D eigenvalue weighted by molar-refractivity contribution is 5.27. The van der Waals surface area contributed by atoms with E-state index >= 15 is 0 Å². The fourth-order valence-electron chi connectivity index (χ4n) is 1.07. The van der Waals surface area contributed by atoms with Gasteiger partial charge in [-0.15, -0.1) is 0 Å². The molecule has 4 N–H and O–H groups in total. The zero-order valence-corrected chi connectivity index (χ0v) is 7.35. The molecule has 1 aromatic rings. The SMILES string of the molecule is Cc1ccc([C@@H](N)CN)c(F)c1F. The van der Waals surface area contributed by atoms with Crippen molar-refractivity contribution >= 4 is 0 Å². The summed E-state index contributed by atoms with van der Waals surface area (Å²) in [4.78, 5) is 0. The van der Waals surface area contributed by atoms with E-state index in [1.54, 1.807) is 0 Å². The molecular formula is C9H12F2N2. The summed E-state index contributed by atoms with van der Waals surface area (Å²) < 4.78 is 26.2. The molecule has 2 nitrogen and oxygen atoms in total. The molecule has 0 unspecified atom stereocenters. The average Bonchev–Trinajstić information content (AvgIpc) is 2.13. The Morgan fingerprint density at radius 2 is 1.92 bits per heavy atom. The molecular weight excluding hydrogens is 174 g/mol. The van der Waals surface area contributed by atoms with E-state index in [4.69, 9.17) is 11.5 Å². The predicted molar refractivity (Wildman–Crippen MR) is 47.1 cm³/mol. The van der Waals surface area contributed by atoms with Crippen molar-refractivity contribution in [2.45, 2.75) is 13.0 Å². The van der Waals surface area contributed by atoms with E-state index in [1.165, 1.54) is 19.1 Å². The number of aryl methyl sites for hydroxylation is 1. The van der Waals surface area contributed by atoms with Crippen molar-refractivity contribution in [3.05, 3.63) is 34.9 Å². The van der Waals surface area contributed by atoms with Crippen molar-refractivity contribution in [2.75, 3.05) is 6.54 Å². The molecule has 0 radical (unpaired) electrons. The second-order valence-corrected chi connectivity index (χ2v) is 2.94. The van der Waals surface area contributed by atoms with E-state index in [9.17, 15) is 8.78 Å². The molecule has 0 aromatic heterocycles. The number of benzene rings is 1. The maximum atomic E-state index is 13.2. The molecule has 0 aliphatic heterocycles. The molecule has 0 saturated carbocycles. The molecule has 1 atom stereocenters. The molecule has 0 heterocycles. The smallest absolute Gasteiger partial charge is 0.163 e. The van der Waals surface area contributed by atoms with Crippen LogP contribution in [0.1, 0.15) is 17.2 Å². The van der Waals surface area contributed by atoms with Gasteiger partial charge in [-0.25, -0.2) is 8.78 Å². The predicted octanol–water partition coefficient (Wildman–Crippen LogP) is 1.23. The van der Waals surface area contributed by atoms with Crippen molar-refractivity contribution in [1.82, 2.24) is 0 Å². The Hall–Kier alpha value is -1.00. The number of hydrogen-bond donors (Lipinski definition) is 2. The Morgan fingerprint density at radius 3 is 2.46 bits per heavy atom. The summed E-state index contributed by atoms with van der Waals surface area (Å²) in [5.41, 5.74) is 11.1. The van der Waals surface area contributed by atoms with Crippen LogP contribution in [-0.2, 0) is 0 Å². The highest BCUT2D eigenvalue weighted by Gasteiger charge is 2.14. The van der Waals surface area contributed by atoms with Crippen LogP contribution >= 0.6 is 0 Å². The van der Waals surface area contributed by atoms with Crippen LogP contribution in [0.2, 0.25) is 0 Å². The molecule has 72 valence electrons. The van der Waals surface area contributed by atoms with Gasteiger partial charge in [0, 0.05) is 18.2 Å². The molecule has 0 aliphatic carbocycles. The molecule has 13 heavy (non-hydrogen) atoms. The lowest BCUT2D eigenvalue weighted by Gasteiger charge is -2.11. The molecule has 0 aliphatic rings. The Kier molecular flexibility index (Phi) is 2.95. The summed E-state index contributed by atoms with van der Waals surface area (Å²) in [6.07, 6.45) is 0. The second kappa shape index (κ2) is 3.81. The van der Waals surface area contributed by atoms with E-state index in [0.29, 0.717) is 0 Å². The summed E-state index contributed by atoms with van der Waals surface area (Å²) in [5, 5.41) is 0. The zero-order chi connectivity index (χ0) is 10.0. The minimum absolute atomic E-state index is 0.0966. The minimum atomic E-state index is -0.891. The Bertz CT molecular complexity index is 313. The van der Waals surface area contributed by atoms with Gasteiger partial charge in [0.1, 0.15) is 0 Å². The first-order valence-corrected chi connectivity index (χ1v) is 3.98. The van der Waals surface area contributed by atoms with Gasteiger partial charge in [0.15, 0.2) is 11.6 Å². The fraction of sp³-hybridized carbons (Fsp3) is 0.333.